The Balaban J connectivity index is 1.90. The number of thiazole rings is 1. The summed E-state index contributed by atoms with van der Waals surface area (Å²) >= 11 is 7.63. The van der Waals surface area contributed by atoms with Gasteiger partial charge in [-0.1, -0.05) is 35.9 Å². The molecule has 3 aromatic rings. The molecule has 0 aliphatic rings. The van der Waals surface area contributed by atoms with Crippen molar-refractivity contribution < 1.29 is 4.79 Å². The molecule has 0 atom stereocenters. The number of fused-ring (bicyclic) bond motifs is 1. The van der Waals surface area contributed by atoms with Crippen LogP contribution in [0.1, 0.15) is 20.9 Å². The third kappa shape index (κ3) is 2.47. The minimum Gasteiger partial charge on any atom is -0.294 e. The molecule has 0 spiro atoms. The smallest absolute Gasteiger partial charge is 0.169 e. The van der Waals surface area contributed by atoms with E-state index < -0.39 is 0 Å². The number of carbonyl (C=O) groups excluding carboxylic acids is 1. The second-order valence-electron chi connectivity index (χ2n) is 4.59. The predicted octanol–water partition coefficient (Wildman–Crippen LogP) is 4.68. The Morgan fingerprint density at radius 3 is 2.80 bits per heavy atom. The van der Waals surface area contributed by atoms with Crippen molar-refractivity contribution in [3.05, 3.63) is 63.6 Å². The molecule has 0 saturated heterocycles. The first-order valence-corrected chi connectivity index (χ1v) is 7.47. The quantitative estimate of drug-likeness (QED) is 0.657. The summed E-state index contributed by atoms with van der Waals surface area (Å²) in [5.41, 5.74) is 2.46. The van der Waals surface area contributed by atoms with E-state index in [1.54, 1.807) is 23.5 Å². The van der Waals surface area contributed by atoms with E-state index in [1.807, 2.05) is 37.3 Å². The third-order valence-corrected chi connectivity index (χ3v) is 4.66. The topological polar surface area (TPSA) is 30.0 Å². The Morgan fingerprint density at radius 1 is 1.20 bits per heavy atom. The molecule has 0 unspecified atom stereocenters. The number of hydrogen-bond acceptors (Lipinski definition) is 3. The minimum absolute atomic E-state index is 0.0593. The van der Waals surface area contributed by atoms with Crippen molar-refractivity contribution in [3.63, 3.8) is 0 Å². The van der Waals surface area contributed by atoms with Gasteiger partial charge in [0.15, 0.2) is 5.78 Å². The highest BCUT2D eigenvalue weighted by atomic mass is 35.5. The summed E-state index contributed by atoms with van der Waals surface area (Å²) in [7, 11) is 0. The number of Topliss-reactive ketones (excluding diaryl/α,β-unsaturated/α-hetero) is 1. The maximum absolute atomic E-state index is 12.4. The summed E-state index contributed by atoms with van der Waals surface area (Å²) in [6, 6.07) is 13.3. The van der Waals surface area contributed by atoms with Gasteiger partial charge in [0.25, 0.3) is 0 Å². The van der Waals surface area contributed by atoms with Crippen molar-refractivity contribution in [1.82, 2.24) is 4.98 Å². The number of nitrogens with zero attached hydrogens (tertiary/aromatic N) is 1. The summed E-state index contributed by atoms with van der Waals surface area (Å²) in [4.78, 5) is 16.9. The molecular formula is C16H12ClNOS. The summed E-state index contributed by atoms with van der Waals surface area (Å²) in [6.07, 6.45) is 0.320. The van der Waals surface area contributed by atoms with Gasteiger partial charge < -0.3 is 0 Å². The van der Waals surface area contributed by atoms with Gasteiger partial charge in [-0.25, -0.2) is 4.98 Å². The standard InChI is InChI=1S/C16H12ClNOS/c1-10-11(5-4-6-12(10)17)14(19)9-16-18-13-7-2-3-8-15(13)20-16/h2-8H,9H2,1H3. The van der Waals surface area contributed by atoms with E-state index in [1.165, 1.54) is 0 Å². The van der Waals surface area contributed by atoms with Gasteiger partial charge in [-0.3, -0.25) is 4.79 Å². The molecule has 0 radical (unpaired) electrons. The van der Waals surface area contributed by atoms with Crippen LogP contribution >= 0.6 is 22.9 Å². The molecule has 0 aliphatic carbocycles. The Hall–Kier alpha value is -1.71. The van der Waals surface area contributed by atoms with Gasteiger partial charge in [-0.15, -0.1) is 11.3 Å². The summed E-state index contributed by atoms with van der Waals surface area (Å²) in [6.45, 7) is 1.87. The highest BCUT2D eigenvalue weighted by Crippen LogP contribution is 2.24. The summed E-state index contributed by atoms with van der Waals surface area (Å²) < 4.78 is 1.11. The largest absolute Gasteiger partial charge is 0.294 e. The Kier molecular flexibility index (Phi) is 3.55. The van der Waals surface area contributed by atoms with Crippen LogP contribution in [0.15, 0.2) is 42.5 Å². The lowest BCUT2D eigenvalue weighted by molar-refractivity contribution is 0.0992. The van der Waals surface area contributed by atoms with E-state index in [0.717, 1.165) is 20.8 Å². The molecule has 0 fully saturated rings. The van der Waals surface area contributed by atoms with Crippen LogP contribution in [0, 0.1) is 6.92 Å². The molecule has 0 N–H and O–H groups in total. The van der Waals surface area contributed by atoms with Crippen LogP contribution in [0.25, 0.3) is 10.2 Å². The number of aromatic nitrogens is 1. The molecule has 2 aromatic carbocycles. The molecule has 0 saturated carbocycles. The van der Waals surface area contributed by atoms with Crippen molar-refractivity contribution in [2.45, 2.75) is 13.3 Å². The number of benzene rings is 2. The van der Waals surface area contributed by atoms with Crippen molar-refractivity contribution in [2.75, 3.05) is 0 Å². The molecule has 20 heavy (non-hydrogen) atoms. The lowest BCUT2D eigenvalue weighted by Crippen LogP contribution is -2.05. The predicted molar refractivity (Wildman–Crippen MR) is 83.8 cm³/mol. The average molecular weight is 302 g/mol. The van der Waals surface area contributed by atoms with Crippen LogP contribution < -0.4 is 0 Å². The lowest BCUT2D eigenvalue weighted by atomic mass is 10.0. The van der Waals surface area contributed by atoms with Crippen molar-refractivity contribution in [1.29, 1.82) is 0 Å². The van der Waals surface area contributed by atoms with Crippen LogP contribution in [0.5, 0.6) is 0 Å². The van der Waals surface area contributed by atoms with E-state index in [-0.39, 0.29) is 5.78 Å². The third-order valence-electron chi connectivity index (χ3n) is 3.22. The van der Waals surface area contributed by atoms with Gasteiger partial charge in [0, 0.05) is 10.6 Å². The molecule has 0 amide bonds. The Morgan fingerprint density at radius 2 is 2.00 bits per heavy atom. The van der Waals surface area contributed by atoms with Crippen LogP contribution in [-0.4, -0.2) is 10.8 Å². The average Bonchev–Trinajstić information content (AvgIpc) is 2.83. The lowest BCUT2D eigenvalue weighted by Gasteiger charge is -2.05. The first kappa shape index (κ1) is 13.3. The van der Waals surface area contributed by atoms with Gasteiger partial charge in [0.2, 0.25) is 0 Å². The van der Waals surface area contributed by atoms with Crippen LogP contribution in [-0.2, 0) is 6.42 Å². The molecule has 1 heterocycles. The normalized spacial score (nSPS) is 10.9. The van der Waals surface area contributed by atoms with Crippen LogP contribution in [0.3, 0.4) is 0 Å². The first-order valence-electron chi connectivity index (χ1n) is 6.28. The highest BCUT2D eigenvalue weighted by molar-refractivity contribution is 7.18. The van der Waals surface area contributed by atoms with Gasteiger partial charge >= 0.3 is 0 Å². The maximum atomic E-state index is 12.4. The number of carbonyl (C=O) groups is 1. The summed E-state index contributed by atoms with van der Waals surface area (Å²) in [5, 5.41) is 1.47. The van der Waals surface area contributed by atoms with Gasteiger partial charge in [0.1, 0.15) is 5.01 Å². The van der Waals surface area contributed by atoms with Crippen molar-refractivity contribution in [3.8, 4) is 0 Å². The Bertz CT molecular complexity index is 761. The monoisotopic (exact) mass is 301 g/mol. The van der Waals surface area contributed by atoms with E-state index in [4.69, 9.17) is 11.6 Å². The van der Waals surface area contributed by atoms with Gasteiger partial charge in [-0.2, -0.15) is 0 Å². The fourth-order valence-corrected chi connectivity index (χ4v) is 3.28. The molecule has 100 valence electrons. The number of rotatable bonds is 3. The number of hydrogen-bond donors (Lipinski definition) is 0. The van der Waals surface area contributed by atoms with Gasteiger partial charge in [-0.05, 0) is 30.7 Å². The van der Waals surface area contributed by atoms with E-state index in [2.05, 4.69) is 4.98 Å². The summed E-state index contributed by atoms with van der Waals surface area (Å²) in [5.74, 6) is 0.0593. The van der Waals surface area contributed by atoms with Crippen molar-refractivity contribution in [2.24, 2.45) is 0 Å². The van der Waals surface area contributed by atoms with Crippen molar-refractivity contribution >= 4 is 38.9 Å². The zero-order chi connectivity index (χ0) is 14.1. The molecule has 0 aliphatic heterocycles. The molecule has 1 aromatic heterocycles. The number of ketones is 1. The first-order chi connectivity index (χ1) is 9.65. The van der Waals surface area contributed by atoms with E-state index in [9.17, 15) is 4.79 Å². The molecule has 0 bridgehead atoms. The molecule has 2 nitrogen and oxygen atoms in total. The zero-order valence-corrected chi connectivity index (χ0v) is 12.5. The second-order valence-corrected chi connectivity index (χ2v) is 6.11. The molecular weight excluding hydrogens is 290 g/mol. The van der Waals surface area contributed by atoms with E-state index >= 15 is 0 Å². The SMILES string of the molecule is Cc1c(Cl)cccc1C(=O)Cc1nc2ccccc2s1. The van der Waals surface area contributed by atoms with Gasteiger partial charge in [0.05, 0.1) is 16.6 Å². The second kappa shape index (κ2) is 5.35. The maximum Gasteiger partial charge on any atom is 0.169 e. The molecule has 4 heteroatoms. The highest BCUT2D eigenvalue weighted by Gasteiger charge is 2.14. The van der Waals surface area contributed by atoms with E-state index in [0.29, 0.717) is 17.0 Å². The van der Waals surface area contributed by atoms with Crippen LogP contribution in [0.4, 0.5) is 0 Å². The molecule has 3 rings (SSSR count). The minimum atomic E-state index is 0.0593. The fraction of sp³-hybridized carbons (Fsp3) is 0.125. The number of para-hydroxylation sites is 1. The van der Waals surface area contributed by atoms with Crippen LogP contribution in [0.2, 0.25) is 5.02 Å². The fourth-order valence-electron chi connectivity index (χ4n) is 2.14. The zero-order valence-electron chi connectivity index (χ0n) is 10.9. The number of halogens is 1. The Labute approximate surface area is 126 Å².